The molecule has 0 radical (unpaired) electrons. The van der Waals surface area contributed by atoms with E-state index in [1.165, 1.54) is 7.11 Å². The van der Waals surface area contributed by atoms with Crippen LogP contribution in [0.1, 0.15) is 18.4 Å². The van der Waals surface area contributed by atoms with Crippen LogP contribution >= 0.6 is 0 Å². The van der Waals surface area contributed by atoms with Gasteiger partial charge in [-0.25, -0.2) is 0 Å². The third-order valence-corrected chi connectivity index (χ3v) is 4.04. The summed E-state index contributed by atoms with van der Waals surface area (Å²) < 4.78 is 4.83. The predicted octanol–water partition coefficient (Wildman–Crippen LogP) is 3.63. The summed E-state index contributed by atoms with van der Waals surface area (Å²) in [5, 5.41) is 2.98. The Kier molecular flexibility index (Phi) is 3.63. The van der Waals surface area contributed by atoms with Crippen LogP contribution in [0.2, 0.25) is 0 Å². The lowest BCUT2D eigenvalue weighted by molar-refractivity contribution is -0.141. The highest BCUT2D eigenvalue weighted by Crippen LogP contribution is 2.25. The van der Waals surface area contributed by atoms with Gasteiger partial charge >= 0.3 is 5.97 Å². The summed E-state index contributed by atoms with van der Waals surface area (Å²) >= 11 is 0. The Morgan fingerprint density at radius 3 is 2.41 bits per heavy atom. The second kappa shape index (κ2) is 5.60. The van der Waals surface area contributed by atoms with Gasteiger partial charge in [0.15, 0.2) is 5.43 Å². The maximum absolute atomic E-state index is 12.8. The number of fused-ring (bicyclic) bond motifs is 2. The second-order valence-corrected chi connectivity index (χ2v) is 5.30. The highest BCUT2D eigenvalue weighted by molar-refractivity contribution is 5.96. The Labute approximate surface area is 128 Å². The molecule has 1 atom stereocenters. The van der Waals surface area contributed by atoms with Gasteiger partial charge in [0.05, 0.1) is 13.0 Å². The van der Waals surface area contributed by atoms with E-state index in [0.717, 1.165) is 16.3 Å². The van der Waals surface area contributed by atoms with E-state index in [1.54, 1.807) is 13.0 Å². The molecule has 0 aliphatic carbocycles. The van der Waals surface area contributed by atoms with E-state index in [2.05, 4.69) is 0 Å². The van der Waals surface area contributed by atoms with Crippen LogP contribution in [0.4, 0.5) is 0 Å². The van der Waals surface area contributed by atoms with Gasteiger partial charge in [0.2, 0.25) is 0 Å². The first-order valence-corrected chi connectivity index (χ1v) is 7.16. The van der Waals surface area contributed by atoms with E-state index in [0.29, 0.717) is 10.8 Å². The molecule has 0 heterocycles. The molecule has 3 rings (SSSR count). The summed E-state index contributed by atoms with van der Waals surface area (Å²) in [5.41, 5.74) is 0.788. The van der Waals surface area contributed by atoms with Crippen molar-refractivity contribution in [2.75, 3.05) is 7.11 Å². The van der Waals surface area contributed by atoms with Crippen LogP contribution in [0, 0.1) is 0 Å². The Morgan fingerprint density at radius 1 is 0.909 bits per heavy atom. The van der Waals surface area contributed by atoms with Crippen molar-refractivity contribution >= 4 is 27.5 Å². The van der Waals surface area contributed by atoms with Gasteiger partial charge in [-0.1, -0.05) is 54.6 Å². The van der Waals surface area contributed by atoms with Crippen molar-refractivity contribution in [2.24, 2.45) is 0 Å². The molecule has 0 aliphatic rings. The molecule has 1 unspecified atom stereocenters. The monoisotopic (exact) mass is 292 g/mol. The standard InChI is InChI=1S/C19H16O3/c1-12(19(21)22-2)14-8-5-9-17-16(14)11-10-13-6-3-4-7-15(13)18(17)20/h3-12H,1-2H3. The Bertz CT molecular complexity index is 928. The zero-order valence-electron chi connectivity index (χ0n) is 12.5. The van der Waals surface area contributed by atoms with E-state index in [4.69, 9.17) is 4.74 Å². The topological polar surface area (TPSA) is 43.4 Å². The molecule has 22 heavy (non-hydrogen) atoms. The first kappa shape index (κ1) is 14.3. The van der Waals surface area contributed by atoms with Gasteiger partial charge in [-0.15, -0.1) is 0 Å². The van der Waals surface area contributed by atoms with Crippen molar-refractivity contribution in [1.82, 2.24) is 0 Å². The van der Waals surface area contributed by atoms with E-state index >= 15 is 0 Å². The molecule has 0 N–H and O–H groups in total. The predicted molar refractivity (Wildman–Crippen MR) is 88.2 cm³/mol. The lowest BCUT2D eigenvalue weighted by atomic mass is 9.96. The van der Waals surface area contributed by atoms with Crippen LogP contribution < -0.4 is 5.43 Å². The molecule has 110 valence electrons. The Hall–Kier alpha value is -2.68. The molecule has 0 amide bonds. The molecule has 0 aliphatic heterocycles. The van der Waals surface area contributed by atoms with Crippen molar-refractivity contribution in [1.29, 1.82) is 0 Å². The van der Waals surface area contributed by atoms with Crippen LogP contribution in [0.25, 0.3) is 21.5 Å². The fourth-order valence-electron chi connectivity index (χ4n) is 2.82. The first-order valence-electron chi connectivity index (χ1n) is 7.16. The minimum absolute atomic E-state index is 0.0190. The first-order chi connectivity index (χ1) is 10.6. The van der Waals surface area contributed by atoms with Gasteiger partial charge in [0, 0.05) is 10.8 Å². The molecule has 0 bridgehead atoms. The van der Waals surface area contributed by atoms with E-state index < -0.39 is 5.92 Å². The zero-order valence-corrected chi connectivity index (χ0v) is 12.5. The van der Waals surface area contributed by atoms with Crippen molar-refractivity contribution in [2.45, 2.75) is 12.8 Å². The maximum atomic E-state index is 12.8. The van der Waals surface area contributed by atoms with Crippen molar-refractivity contribution < 1.29 is 9.53 Å². The quantitative estimate of drug-likeness (QED) is 0.677. The van der Waals surface area contributed by atoms with Crippen molar-refractivity contribution in [3.8, 4) is 0 Å². The normalized spacial score (nSPS) is 12.3. The fraction of sp³-hybridized carbons (Fsp3) is 0.158. The molecule has 0 spiro atoms. The summed E-state index contributed by atoms with van der Waals surface area (Å²) in [4.78, 5) is 24.6. The average Bonchev–Trinajstić information content (AvgIpc) is 2.71. The van der Waals surface area contributed by atoms with Gasteiger partial charge < -0.3 is 4.74 Å². The van der Waals surface area contributed by atoms with Crippen LogP contribution in [0.3, 0.4) is 0 Å². The summed E-state index contributed by atoms with van der Waals surface area (Å²) in [6.07, 6.45) is 0. The summed E-state index contributed by atoms with van der Waals surface area (Å²) in [6.45, 7) is 1.79. The summed E-state index contributed by atoms with van der Waals surface area (Å²) in [5.74, 6) is -0.727. The van der Waals surface area contributed by atoms with E-state index in [-0.39, 0.29) is 11.4 Å². The Balaban J connectivity index is 2.42. The largest absolute Gasteiger partial charge is 0.469 e. The van der Waals surface area contributed by atoms with Crippen LogP contribution in [0.15, 0.2) is 59.4 Å². The number of carbonyl (C=O) groups is 1. The molecule has 3 nitrogen and oxygen atoms in total. The highest BCUT2D eigenvalue weighted by Gasteiger charge is 2.18. The lowest BCUT2D eigenvalue weighted by Crippen LogP contribution is -2.11. The highest BCUT2D eigenvalue weighted by atomic mass is 16.5. The molecule has 0 saturated carbocycles. The van der Waals surface area contributed by atoms with E-state index in [9.17, 15) is 9.59 Å². The summed E-state index contributed by atoms with van der Waals surface area (Å²) in [6, 6.07) is 16.8. The maximum Gasteiger partial charge on any atom is 0.312 e. The molecule has 3 aromatic rings. The SMILES string of the molecule is COC(=O)C(C)c1cccc2c(=O)c3ccccc3ccc12. The molecule has 0 fully saturated rings. The molecule has 3 heteroatoms. The van der Waals surface area contributed by atoms with Crippen LogP contribution in [-0.2, 0) is 9.53 Å². The smallest absolute Gasteiger partial charge is 0.312 e. The van der Waals surface area contributed by atoms with Crippen molar-refractivity contribution in [3.05, 3.63) is 70.4 Å². The number of carbonyl (C=O) groups excluding carboxylic acids is 1. The number of hydrogen-bond acceptors (Lipinski definition) is 3. The van der Waals surface area contributed by atoms with Gasteiger partial charge in [-0.3, -0.25) is 9.59 Å². The Morgan fingerprint density at radius 2 is 1.64 bits per heavy atom. The third kappa shape index (κ3) is 2.25. The van der Waals surface area contributed by atoms with Crippen LogP contribution in [-0.4, -0.2) is 13.1 Å². The molecule has 0 saturated heterocycles. The lowest BCUT2D eigenvalue weighted by Gasteiger charge is -2.11. The number of esters is 1. The second-order valence-electron chi connectivity index (χ2n) is 5.30. The number of ether oxygens (including phenoxy) is 1. The number of benzene rings is 2. The number of hydrogen-bond donors (Lipinski definition) is 0. The molecular formula is C19H16O3. The van der Waals surface area contributed by atoms with Crippen LogP contribution in [0.5, 0.6) is 0 Å². The number of rotatable bonds is 2. The summed E-state index contributed by atoms with van der Waals surface area (Å²) in [7, 11) is 1.37. The molecule has 3 aromatic carbocycles. The molecule has 0 aromatic heterocycles. The number of methoxy groups -OCH3 is 1. The molecular weight excluding hydrogens is 276 g/mol. The van der Waals surface area contributed by atoms with Gasteiger partial charge in [-0.05, 0) is 23.3 Å². The fourth-order valence-corrected chi connectivity index (χ4v) is 2.82. The van der Waals surface area contributed by atoms with Gasteiger partial charge in [0.1, 0.15) is 0 Å². The van der Waals surface area contributed by atoms with Gasteiger partial charge in [-0.2, -0.15) is 0 Å². The average molecular weight is 292 g/mol. The zero-order chi connectivity index (χ0) is 15.7. The third-order valence-electron chi connectivity index (χ3n) is 4.04. The minimum atomic E-state index is -0.418. The van der Waals surface area contributed by atoms with E-state index in [1.807, 2.05) is 48.5 Å². The van der Waals surface area contributed by atoms with Crippen molar-refractivity contribution in [3.63, 3.8) is 0 Å². The van der Waals surface area contributed by atoms with Gasteiger partial charge in [0.25, 0.3) is 0 Å². The minimum Gasteiger partial charge on any atom is -0.469 e.